The van der Waals surface area contributed by atoms with Crippen LogP contribution in [0.4, 0.5) is 5.82 Å². The number of nitrogens with zero attached hydrogens (tertiary/aromatic N) is 2. The molecule has 1 saturated carbocycles. The van der Waals surface area contributed by atoms with Crippen LogP contribution in [0.15, 0.2) is 54.7 Å². The number of aromatic nitrogens is 2. The summed E-state index contributed by atoms with van der Waals surface area (Å²) in [6.07, 6.45) is 6.35. The van der Waals surface area contributed by atoms with Gasteiger partial charge < -0.3 is 15.4 Å². The van der Waals surface area contributed by atoms with Gasteiger partial charge in [-0.1, -0.05) is 24.3 Å². The zero-order chi connectivity index (χ0) is 18.8. The van der Waals surface area contributed by atoms with E-state index in [1.54, 1.807) is 0 Å². The zero-order valence-electron chi connectivity index (χ0n) is 16.0. The highest BCUT2D eigenvalue weighted by Crippen LogP contribution is 2.34. The predicted molar refractivity (Wildman–Crippen MR) is 112 cm³/mol. The monoisotopic (exact) mass is 374 g/mol. The van der Waals surface area contributed by atoms with Crippen molar-refractivity contribution in [1.82, 2.24) is 15.3 Å². The van der Waals surface area contributed by atoms with Crippen LogP contribution in [0.25, 0.3) is 10.9 Å². The molecule has 2 fully saturated rings. The van der Waals surface area contributed by atoms with Crippen LogP contribution in [0.2, 0.25) is 0 Å². The highest BCUT2D eigenvalue weighted by Gasteiger charge is 2.32. The number of anilines is 1. The molecule has 0 radical (unpaired) electrons. The van der Waals surface area contributed by atoms with Crippen LogP contribution in [0.3, 0.4) is 0 Å². The molecule has 1 aromatic carbocycles. The molecule has 0 bridgehead atoms. The highest BCUT2D eigenvalue weighted by molar-refractivity contribution is 5.80. The first-order valence-electron chi connectivity index (χ1n) is 10.3. The lowest BCUT2D eigenvalue weighted by atomic mass is 9.88. The maximum atomic E-state index is 6.28. The van der Waals surface area contributed by atoms with E-state index in [0.717, 1.165) is 56.0 Å². The van der Waals surface area contributed by atoms with Crippen molar-refractivity contribution in [2.24, 2.45) is 0 Å². The van der Waals surface area contributed by atoms with Crippen molar-refractivity contribution >= 4 is 16.7 Å². The number of nitrogens with one attached hydrogen (secondary N) is 2. The van der Waals surface area contributed by atoms with E-state index < -0.39 is 0 Å². The van der Waals surface area contributed by atoms with Gasteiger partial charge in [-0.2, -0.15) is 0 Å². The van der Waals surface area contributed by atoms with Gasteiger partial charge in [0.25, 0.3) is 0 Å². The van der Waals surface area contributed by atoms with E-state index in [9.17, 15) is 0 Å². The molecule has 5 rings (SSSR count). The Kier molecular flexibility index (Phi) is 4.83. The van der Waals surface area contributed by atoms with Crippen LogP contribution < -0.4 is 15.4 Å². The molecule has 0 spiro atoms. The summed E-state index contributed by atoms with van der Waals surface area (Å²) in [5, 5.41) is 8.15. The summed E-state index contributed by atoms with van der Waals surface area (Å²) >= 11 is 0. The molecular formula is C23H26N4O. The lowest BCUT2D eigenvalue weighted by Gasteiger charge is -2.36. The largest absolute Gasteiger partial charge is 0.474 e. The van der Waals surface area contributed by atoms with Crippen LogP contribution in [0, 0.1) is 0 Å². The van der Waals surface area contributed by atoms with Crippen LogP contribution in [-0.4, -0.2) is 35.2 Å². The number of ether oxygens (including phenoxy) is 1. The predicted octanol–water partition coefficient (Wildman–Crippen LogP) is 4.12. The van der Waals surface area contributed by atoms with Crippen molar-refractivity contribution < 1.29 is 4.74 Å². The third-order valence-corrected chi connectivity index (χ3v) is 5.90. The summed E-state index contributed by atoms with van der Waals surface area (Å²) in [5.41, 5.74) is 2.30. The summed E-state index contributed by atoms with van der Waals surface area (Å²) in [6.45, 7) is 2.15. The molecule has 0 atom stereocenters. The molecule has 0 amide bonds. The van der Waals surface area contributed by atoms with Gasteiger partial charge in [0.15, 0.2) is 0 Å². The van der Waals surface area contributed by atoms with Gasteiger partial charge in [0.1, 0.15) is 11.9 Å². The van der Waals surface area contributed by atoms with E-state index in [-0.39, 0.29) is 6.10 Å². The third-order valence-electron chi connectivity index (χ3n) is 5.90. The van der Waals surface area contributed by atoms with E-state index >= 15 is 0 Å². The molecule has 3 heterocycles. The molecule has 0 unspecified atom stereocenters. The standard InChI is InChI=1S/C23H26N4O/c1-2-6-21-17(4-1)7-8-22(27-21)26-18-14-19(15-18)28-23-20(5-3-11-25-23)16-9-12-24-13-10-16/h1-8,11,16,18-19,24H,9-10,12-15H2,(H,26,27)/t18-,19-. The maximum Gasteiger partial charge on any atom is 0.217 e. The van der Waals surface area contributed by atoms with Crippen LogP contribution in [-0.2, 0) is 0 Å². The number of piperidine rings is 1. The fourth-order valence-electron chi connectivity index (χ4n) is 4.24. The smallest absolute Gasteiger partial charge is 0.217 e. The topological polar surface area (TPSA) is 59.1 Å². The molecule has 5 nitrogen and oxygen atoms in total. The second-order valence-corrected chi connectivity index (χ2v) is 7.86. The van der Waals surface area contributed by atoms with Crippen molar-refractivity contribution in [1.29, 1.82) is 0 Å². The van der Waals surface area contributed by atoms with Crippen molar-refractivity contribution in [3.8, 4) is 5.88 Å². The second kappa shape index (κ2) is 7.76. The SMILES string of the molecule is c1cnc(O[C@H]2C[C@H](Nc3ccc4ccccc4n3)C2)c(C2CCNCC2)c1. The van der Waals surface area contributed by atoms with E-state index in [1.165, 1.54) is 10.9 Å². The number of hydrogen-bond donors (Lipinski definition) is 2. The average molecular weight is 374 g/mol. The molecular weight excluding hydrogens is 348 g/mol. The molecule has 1 saturated heterocycles. The molecule has 144 valence electrons. The summed E-state index contributed by atoms with van der Waals surface area (Å²) in [7, 11) is 0. The summed E-state index contributed by atoms with van der Waals surface area (Å²) in [4.78, 5) is 9.25. The van der Waals surface area contributed by atoms with Gasteiger partial charge in [0.2, 0.25) is 5.88 Å². The molecule has 1 aliphatic carbocycles. The number of benzene rings is 1. The third kappa shape index (κ3) is 3.67. The van der Waals surface area contributed by atoms with Crippen molar-refractivity contribution in [3.05, 3.63) is 60.3 Å². The Morgan fingerprint density at radius 3 is 2.71 bits per heavy atom. The summed E-state index contributed by atoms with van der Waals surface area (Å²) in [6, 6.07) is 17.0. The number of rotatable bonds is 5. The Morgan fingerprint density at radius 1 is 0.964 bits per heavy atom. The van der Waals surface area contributed by atoms with Gasteiger partial charge in [-0.25, -0.2) is 9.97 Å². The number of pyridine rings is 2. The minimum absolute atomic E-state index is 0.230. The highest BCUT2D eigenvalue weighted by atomic mass is 16.5. The van der Waals surface area contributed by atoms with Crippen LogP contribution >= 0.6 is 0 Å². The zero-order valence-corrected chi connectivity index (χ0v) is 16.0. The van der Waals surface area contributed by atoms with Crippen LogP contribution in [0.5, 0.6) is 5.88 Å². The van der Waals surface area contributed by atoms with Gasteiger partial charge in [0, 0.05) is 36.0 Å². The molecule has 3 aromatic rings. The van der Waals surface area contributed by atoms with Gasteiger partial charge in [0.05, 0.1) is 5.52 Å². The number of fused-ring (bicyclic) bond motifs is 1. The van der Waals surface area contributed by atoms with Crippen molar-refractivity contribution in [2.75, 3.05) is 18.4 Å². The molecule has 2 aliphatic rings. The Hall–Kier alpha value is -2.66. The van der Waals surface area contributed by atoms with Gasteiger partial charge in [-0.05, 0) is 56.1 Å². The fraction of sp³-hybridized carbons (Fsp3) is 0.391. The van der Waals surface area contributed by atoms with Crippen molar-refractivity contribution in [3.63, 3.8) is 0 Å². The van der Waals surface area contributed by atoms with Gasteiger partial charge >= 0.3 is 0 Å². The number of hydrogen-bond acceptors (Lipinski definition) is 5. The Bertz CT molecular complexity index is 948. The molecule has 1 aliphatic heterocycles. The first kappa shape index (κ1) is 17.4. The average Bonchev–Trinajstić information content (AvgIpc) is 2.73. The maximum absolute atomic E-state index is 6.28. The normalized spacial score (nSPS) is 22.6. The fourth-order valence-corrected chi connectivity index (χ4v) is 4.24. The Labute approximate surface area is 165 Å². The Morgan fingerprint density at radius 2 is 1.82 bits per heavy atom. The molecule has 2 aromatic heterocycles. The van der Waals surface area contributed by atoms with Gasteiger partial charge in [-0.15, -0.1) is 0 Å². The second-order valence-electron chi connectivity index (χ2n) is 7.86. The lowest BCUT2D eigenvalue weighted by molar-refractivity contribution is 0.100. The van der Waals surface area contributed by atoms with E-state index in [1.807, 2.05) is 24.4 Å². The number of para-hydroxylation sites is 1. The van der Waals surface area contributed by atoms with E-state index in [4.69, 9.17) is 9.72 Å². The quantitative estimate of drug-likeness (QED) is 0.704. The molecule has 5 heteroatoms. The minimum Gasteiger partial charge on any atom is -0.474 e. The summed E-state index contributed by atoms with van der Waals surface area (Å²) in [5.74, 6) is 2.33. The minimum atomic E-state index is 0.230. The molecule has 2 N–H and O–H groups in total. The summed E-state index contributed by atoms with van der Waals surface area (Å²) < 4.78 is 6.28. The Balaban J connectivity index is 1.19. The lowest BCUT2D eigenvalue weighted by Crippen LogP contribution is -2.43. The van der Waals surface area contributed by atoms with Crippen LogP contribution in [0.1, 0.15) is 37.2 Å². The first-order chi connectivity index (χ1) is 13.8. The van der Waals surface area contributed by atoms with E-state index in [2.05, 4.69) is 45.9 Å². The van der Waals surface area contributed by atoms with E-state index in [0.29, 0.717) is 12.0 Å². The van der Waals surface area contributed by atoms with Crippen molar-refractivity contribution in [2.45, 2.75) is 43.7 Å². The molecule has 28 heavy (non-hydrogen) atoms. The van der Waals surface area contributed by atoms with Gasteiger partial charge in [-0.3, -0.25) is 0 Å². The first-order valence-corrected chi connectivity index (χ1v) is 10.3.